The van der Waals surface area contributed by atoms with E-state index in [0.29, 0.717) is 11.5 Å². The Labute approximate surface area is 186 Å². The molecule has 0 atom stereocenters. The molecule has 2 aromatic carbocycles. The van der Waals surface area contributed by atoms with E-state index in [4.69, 9.17) is 4.42 Å². The first-order chi connectivity index (χ1) is 15.1. The number of anilines is 1. The summed E-state index contributed by atoms with van der Waals surface area (Å²) >= 11 is -0.261. The highest BCUT2D eigenvalue weighted by molar-refractivity contribution is 8.00. The predicted molar refractivity (Wildman–Crippen MR) is 113 cm³/mol. The second-order valence-electron chi connectivity index (χ2n) is 7.60. The van der Waals surface area contributed by atoms with Crippen LogP contribution in [0.4, 0.5) is 23.7 Å². The van der Waals surface area contributed by atoms with E-state index in [0.717, 1.165) is 10.5 Å². The molecule has 1 fully saturated rings. The van der Waals surface area contributed by atoms with Gasteiger partial charge in [0.05, 0.1) is 12.2 Å². The third kappa shape index (κ3) is 4.10. The number of thioether (sulfide) groups is 1. The standard InChI is InChI=1S/C22H18F3N3O3S/c1-21(2)19(29)28(15-8-10-16(11-9-15)32-22(23,24)25)20(30)27(21)12-17-18(31-13-26-17)14-6-4-3-5-7-14/h3-11,13H,12H2,1-2H3. The number of oxazole rings is 1. The number of benzene rings is 2. The van der Waals surface area contributed by atoms with Gasteiger partial charge < -0.3 is 9.32 Å². The SMILES string of the molecule is CC1(C)C(=O)N(c2ccc(SC(F)(F)F)cc2)C(=O)N1Cc1ncoc1-c1ccccc1. The Balaban J connectivity index is 1.61. The minimum Gasteiger partial charge on any atom is -0.443 e. The Morgan fingerprint density at radius 2 is 1.69 bits per heavy atom. The van der Waals surface area contributed by atoms with Gasteiger partial charge in [-0.25, -0.2) is 14.7 Å². The quantitative estimate of drug-likeness (QED) is 0.360. The van der Waals surface area contributed by atoms with E-state index in [-0.39, 0.29) is 28.9 Å². The first-order valence-electron chi connectivity index (χ1n) is 9.57. The fraction of sp³-hybridized carbons (Fsp3) is 0.227. The van der Waals surface area contributed by atoms with Crippen LogP contribution in [0.5, 0.6) is 0 Å². The predicted octanol–water partition coefficient (Wildman–Crippen LogP) is 5.70. The molecule has 0 unspecified atom stereocenters. The molecule has 1 saturated heterocycles. The van der Waals surface area contributed by atoms with E-state index in [1.807, 2.05) is 30.3 Å². The normalized spacial score (nSPS) is 16.2. The van der Waals surface area contributed by atoms with Crippen molar-refractivity contribution >= 4 is 29.4 Å². The molecule has 1 aliphatic rings. The molecule has 3 amide bonds. The van der Waals surface area contributed by atoms with Crippen LogP contribution in [0.2, 0.25) is 0 Å². The average Bonchev–Trinajstić information content (AvgIpc) is 3.26. The van der Waals surface area contributed by atoms with Crippen LogP contribution in [0.15, 0.2) is 70.3 Å². The molecule has 0 bridgehead atoms. The van der Waals surface area contributed by atoms with Crippen molar-refractivity contribution in [2.24, 2.45) is 0 Å². The second kappa shape index (κ2) is 8.01. The first-order valence-corrected chi connectivity index (χ1v) is 10.4. The van der Waals surface area contributed by atoms with Crippen LogP contribution in [-0.2, 0) is 11.3 Å². The summed E-state index contributed by atoms with van der Waals surface area (Å²) in [5.74, 6) is 0.0112. The lowest BCUT2D eigenvalue weighted by Gasteiger charge is -2.27. The minimum atomic E-state index is -4.42. The Morgan fingerprint density at radius 3 is 2.31 bits per heavy atom. The summed E-state index contributed by atoms with van der Waals surface area (Å²) in [7, 11) is 0. The summed E-state index contributed by atoms with van der Waals surface area (Å²) in [5, 5.41) is 0. The first kappa shape index (κ1) is 21.9. The lowest BCUT2D eigenvalue weighted by Crippen LogP contribution is -2.43. The van der Waals surface area contributed by atoms with E-state index in [1.165, 1.54) is 35.6 Å². The van der Waals surface area contributed by atoms with Gasteiger partial charge in [0.25, 0.3) is 5.91 Å². The molecule has 0 aliphatic carbocycles. The van der Waals surface area contributed by atoms with Crippen molar-refractivity contribution < 1.29 is 27.2 Å². The van der Waals surface area contributed by atoms with Crippen molar-refractivity contribution in [2.45, 2.75) is 36.3 Å². The van der Waals surface area contributed by atoms with Crippen LogP contribution < -0.4 is 4.90 Å². The molecule has 0 N–H and O–H groups in total. The van der Waals surface area contributed by atoms with Gasteiger partial charge in [-0.3, -0.25) is 4.79 Å². The Bertz CT molecular complexity index is 1140. The number of alkyl halides is 3. The van der Waals surface area contributed by atoms with Gasteiger partial charge >= 0.3 is 11.5 Å². The smallest absolute Gasteiger partial charge is 0.443 e. The number of carbonyl (C=O) groups excluding carboxylic acids is 2. The summed E-state index contributed by atoms with van der Waals surface area (Å²) in [6, 6.07) is 13.8. The lowest BCUT2D eigenvalue weighted by molar-refractivity contribution is -0.123. The summed E-state index contributed by atoms with van der Waals surface area (Å²) in [6.07, 6.45) is 1.28. The maximum Gasteiger partial charge on any atom is 0.446 e. The molecular weight excluding hydrogens is 443 g/mol. The van der Waals surface area contributed by atoms with E-state index in [9.17, 15) is 22.8 Å². The highest BCUT2D eigenvalue weighted by Crippen LogP contribution is 2.39. The largest absolute Gasteiger partial charge is 0.446 e. The lowest BCUT2D eigenvalue weighted by atomic mass is 10.0. The number of imide groups is 1. The third-order valence-corrected chi connectivity index (χ3v) is 5.88. The number of aromatic nitrogens is 1. The van der Waals surface area contributed by atoms with Gasteiger partial charge in [-0.2, -0.15) is 13.2 Å². The second-order valence-corrected chi connectivity index (χ2v) is 8.74. The fourth-order valence-electron chi connectivity index (χ4n) is 3.48. The van der Waals surface area contributed by atoms with Crippen LogP contribution in [-0.4, -0.2) is 32.9 Å². The summed E-state index contributed by atoms with van der Waals surface area (Å²) in [6.45, 7) is 3.25. The van der Waals surface area contributed by atoms with Crippen molar-refractivity contribution in [2.75, 3.05) is 4.90 Å². The zero-order valence-electron chi connectivity index (χ0n) is 17.1. The van der Waals surface area contributed by atoms with Crippen LogP contribution in [0.3, 0.4) is 0 Å². The Kier molecular flexibility index (Phi) is 5.49. The van der Waals surface area contributed by atoms with Crippen LogP contribution in [0.1, 0.15) is 19.5 Å². The molecule has 4 rings (SSSR count). The van der Waals surface area contributed by atoms with Gasteiger partial charge in [-0.15, -0.1) is 0 Å². The van der Waals surface area contributed by atoms with E-state index < -0.39 is 23.0 Å². The van der Waals surface area contributed by atoms with Crippen molar-refractivity contribution in [3.8, 4) is 11.3 Å². The molecular formula is C22H18F3N3O3S. The summed E-state index contributed by atoms with van der Waals surface area (Å²) in [5.41, 5.74) is -4.14. The van der Waals surface area contributed by atoms with Crippen molar-refractivity contribution in [3.63, 3.8) is 0 Å². The van der Waals surface area contributed by atoms with Gasteiger partial charge in [0, 0.05) is 10.5 Å². The highest BCUT2D eigenvalue weighted by atomic mass is 32.2. The van der Waals surface area contributed by atoms with E-state index in [2.05, 4.69) is 4.98 Å². The monoisotopic (exact) mass is 461 g/mol. The van der Waals surface area contributed by atoms with Crippen LogP contribution in [0.25, 0.3) is 11.3 Å². The van der Waals surface area contributed by atoms with Gasteiger partial charge in [-0.1, -0.05) is 30.3 Å². The number of amides is 3. The zero-order valence-corrected chi connectivity index (χ0v) is 17.9. The number of nitrogens with zero attached hydrogens (tertiary/aromatic N) is 3. The van der Waals surface area contributed by atoms with Gasteiger partial charge in [0.15, 0.2) is 12.2 Å². The maximum atomic E-state index is 13.2. The molecule has 166 valence electrons. The van der Waals surface area contributed by atoms with E-state index >= 15 is 0 Å². The Morgan fingerprint density at radius 1 is 1.03 bits per heavy atom. The molecule has 0 saturated carbocycles. The molecule has 10 heteroatoms. The molecule has 6 nitrogen and oxygen atoms in total. The van der Waals surface area contributed by atoms with E-state index in [1.54, 1.807) is 13.8 Å². The molecule has 1 aromatic heterocycles. The number of hydrogen-bond acceptors (Lipinski definition) is 5. The van der Waals surface area contributed by atoms with Crippen molar-refractivity contribution in [1.29, 1.82) is 0 Å². The fourth-order valence-corrected chi connectivity index (χ4v) is 4.02. The molecule has 0 spiro atoms. The topological polar surface area (TPSA) is 66.7 Å². The van der Waals surface area contributed by atoms with Crippen molar-refractivity contribution in [1.82, 2.24) is 9.88 Å². The van der Waals surface area contributed by atoms with Crippen LogP contribution in [0, 0.1) is 0 Å². The molecule has 3 aromatic rings. The average molecular weight is 461 g/mol. The van der Waals surface area contributed by atoms with Gasteiger partial charge in [0.2, 0.25) is 0 Å². The number of rotatable bonds is 5. The minimum absolute atomic E-state index is 0.0246. The number of halogens is 3. The highest BCUT2D eigenvalue weighted by Gasteiger charge is 2.52. The van der Waals surface area contributed by atoms with Crippen LogP contribution >= 0.6 is 11.8 Å². The third-order valence-electron chi connectivity index (χ3n) is 5.14. The number of urea groups is 1. The van der Waals surface area contributed by atoms with Gasteiger partial charge in [0.1, 0.15) is 11.2 Å². The summed E-state index contributed by atoms with van der Waals surface area (Å²) in [4.78, 5) is 32.8. The number of hydrogen-bond donors (Lipinski definition) is 0. The zero-order chi connectivity index (χ0) is 23.1. The molecule has 32 heavy (non-hydrogen) atoms. The summed E-state index contributed by atoms with van der Waals surface area (Å²) < 4.78 is 43.3. The van der Waals surface area contributed by atoms with Gasteiger partial charge in [-0.05, 0) is 49.9 Å². The molecule has 2 heterocycles. The Hall–Kier alpha value is -3.27. The number of carbonyl (C=O) groups is 2. The maximum absolute atomic E-state index is 13.2. The van der Waals surface area contributed by atoms with Crippen molar-refractivity contribution in [3.05, 3.63) is 66.7 Å². The molecule has 0 radical (unpaired) electrons. The molecule has 1 aliphatic heterocycles.